The second-order valence-electron chi connectivity index (χ2n) is 4.64. The molecule has 2 amide bonds. The molecular weight excluding hydrogens is 244 g/mol. The molecule has 1 atom stereocenters. The molecule has 96 valence electrons. The van der Waals surface area contributed by atoms with Crippen LogP contribution in [0.5, 0.6) is 0 Å². The van der Waals surface area contributed by atoms with Gasteiger partial charge in [0.05, 0.1) is 18.1 Å². The van der Waals surface area contributed by atoms with Crippen LogP contribution in [0.4, 0.5) is 0 Å². The SMILES string of the molecule is CC1NC(=O)CN(C2CCS(=O)(=O)CC2)C1=O. The van der Waals surface area contributed by atoms with E-state index in [4.69, 9.17) is 0 Å². The molecule has 17 heavy (non-hydrogen) atoms. The van der Waals surface area contributed by atoms with Gasteiger partial charge in [-0.15, -0.1) is 0 Å². The van der Waals surface area contributed by atoms with Crippen molar-refractivity contribution in [3.63, 3.8) is 0 Å². The average Bonchev–Trinajstić information content (AvgIpc) is 2.24. The van der Waals surface area contributed by atoms with Gasteiger partial charge in [0.1, 0.15) is 15.9 Å². The van der Waals surface area contributed by atoms with Crippen molar-refractivity contribution in [3.05, 3.63) is 0 Å². The summed E-state index contributed by atoms with van der Waals surface area (Å²) in [7, 11) is -2.94. The summed E-state index contributed by atoms with van der Waals surface area (Å²) in [6.07, 6.45) is 0.877. The van der Waals surface area contributed by atoms with Crippen LogP contribution in [-0.2, 0) is 19.4 Å². The number of piperazine rings is 1. The molecule has 0 aromatic carbocycles. The zero-order valence-corrected chi connectivity index (χ0v) is 10.5. The average molecular weight is 260 g/mol. The van der Waals surface area contributed by atoms with Gasteiger partial charge in [0, 0.05) is 6.04 Å². The highest BCUT2D eigenvalue weighted by Gasteiger charge is 2.36. The number of carbonyl (C=O) groups excluding carboxylic acids is 2. The van der Waals surface area contributed by atoms with Crippen molar-refractivity contribution >= 4 is 21.7 Å². The summed E-state index contributed by atoms with van der Waals surface area (Å²) in [6, 6.07) is -0.616. The molecule has 2 rings (SSSR count). The van der Waals surface area contributed by atoms with Crippen LogP contribution < -0.4 is 5.32 Å². The highest BCUT2D eigenvalue weighted by molar-refractivity contribution is 7.91. The number of nitrogens with one attached hydrogen (secondary N) is 1. The fourth-order valence-electron chi connectivity index (χ4n) is 2.33. The number of hydrogen-bond acceptors (Lipinski definition) is 4. The lowest BCUT2D eigenvalue weighted by Crippen LogP contribution is -2.60. The Morgan fingerprint density at radius 3 is 2.41 bits per heavy atom. The van der Waals surface area contributed by atoms with Gasteiger partial charge in [0.2, 0.25) is 11.8 Å². The van der Waals surface area contributed by atoms with Crippen LogP contribution in [-0.4, -0.2) is 55.3 Å². The van der Waals surface area contributed by atoms with Crippen LogP contribution in [0.1, 0.15) is 19.8 Å². The van der Waals surface area contributed by atoms with E-state index in [9.17, 15) is 18.0 Å². The van der Waals surface area contributed by atoms with E-state index < -0.39 is 15.9 Å². The molecule has 6 nitrogen and oxygen atoms in total. The lowest BCUT2D eigenvalue weighted by atomic mass is 10.1. The van der Waals surface area contributed by atoms with E-state index in [2.05, 4.69) is 5.32 Å². The molecule has 0 spiro atoms. The van der Waals surface area contributed by atoms with E-state index in [1.807, 2.05) is 0 Å². The zero-order chi connectivity index (χ0) is 12.6. The summed E-state index contributed by atoms with van der Waals surface area (Å²) in [6.45, 7) is 1.69. The Morgan fingerprint density at radius 1 is 1.24 bits per heavy atom. The molecule has 0 bridgehead atoms. The van der Waals surface area contributed by atoms with Crippen molar-refractivity contribution < 1.29 is 18.0 Å². The van der Waals surface area contributed by atoms with Gasteiger partial charge in [-0.3, -0.25) is 9.59 Å². The maximum Gasteiger partial charge on any atom is 0.245 e. The molecule has 1 unspecified atom stereocenters. The van der Waals surface area contributed by atoms with Gasteiger partial charge in [-0.1, -0.05) is 0 Å². The summed E-state index contributed by atoms with van der Waals surface area (Å²) in [5, 5.41) is 2.57. The fourth-order valence-corrected chi connectivity index (χ4v) is 3.80. The topological polar surface area (TPSA) is 83.6 Å². The summed E-state index contributed by atoms with van der Waals surface area (Å²) in [5.74, 6) is -0.0750. The quantitative estimate of drug-likeness (QED) is 0.649. The monoisotopic (exact) mass is 260 g/mol. The summed E-state index contributed by atoms with van der Waals surface area (Å²) in [4.78, 5) is 24.8. The standard InChI is InChI=1S/C10H16N2O4S/c1-7-10(14)12(6-9(13)11-7)8-2-4-17(15,16)5-3-8/h7-8H,2-6H2,1H3,(H,11,13). The third-order valence-electron chi connectivity index (χ3n) is 3.31. The Balaban J connectivity index is 2.07. The molecule has 0 aromatic heterocycles. The first-order chi connectivity index (χ1) is 7.89. The summed E-state index contributed by atoms with van der Waals surface area (Å²) < 4.78 is 22.6. The number of rotatable bonds is 1. The number of carbonyl (C=O) groups is 2. The largest absolute Gasteiger partial charge is 0.343 e. The van der Waals surface area contributed by atoms with Crippen molar-refractivity contribution in [1.82, 2.24) is 10.2 Å². The molecule has 0 saturated carbocycles. The van der Waals surface area contributed by atoms with Gasteiger partial charge in [-0.2, -0.15) is 0 Å². The summed E-state index contributed by atoms with van der Waals surface area (Å²) in [5.41, 5.74) is 0. The van der Waals surface area contributed by atoms with E-state index in [-0.39, 0.29) is 35.9 Å². The molecule has 2 aliphatic heterocycles. The Morgan fingerprint density at radius 2 is 1.82 bits per heavy atom. The van der Waals surface area contributed by atoms with Gasteiger partial charge in [0.15, 0.2) is 0 Å². The van der Waals surface area contributed by atoms with Crippen LogP contribution in [0.15, 0.2) is 0 Å². The van der Waals surface area contributed by atoms with Crippen molar-refractivity contribution in [1.29, 1.82) is 0 Å². The third-order valence-corrected chi connectivity index (χ3v) is 5.03. The molecule has 2 fully saturated rings. The fraction of sp³-hybridized carbons (Fsp3) is 0.800. The Bertz CT molecular complexity index is 431. The van der Waals surface area contributed by atoms with E-state index in [0.29, 0.717) is 12.8 Å². The smallest absolute Gasteiger partial charge is 0.245 e. The van der Waals surface area contributed by atoms with E-state index in [0.717, 1.165) is 0 Å². The van der Waals surface area contributed by atoms with Crippen molar-refractivity contribution in [2.75, 3.05) is 18.1 Å². The van der Waals surface area contributed by atoms with Gasteiger partial charge in [0.25, 0.3) is 0 Å². The van der Waals surface area contributed by atoms with Crippen molar-refractivity contribution in [2.45, 2.75) is 31.8 Å². The van der Waals surface area contributed by atoms with E-state index in [1.54, 1.807) is 6.92 Å². The first-order valence-electron chi connectivity index (χ1n) is 5.69. The van der Waals surface area contributed by atoms with Crippen molar-refractivity contribution in [3.8, 4) is 0 Å². The Kier molecular flexibility index (Phi) is 3.11. The van der Waals surface area contributed by atoms with Crippen LogP contribution in [0.3, 0.4) is 0 Å². The zero-order valence-electron chi connectivity index (χ0n) is 9.68. The number of nitrogens with zero attached hydrogens (tertiary/aromatic N) is 1. The predicted octanol–water partition coefficient (Wildman–Crippen LogP) is -1.09. The Labute approximate surface area is 100 Å². The predicted molar refractivity (Wildman–Crippen MR) is 61.0 cm³/mol. The van der Waals surface area contributed by atoms with Crippen LogP contribution in [0.25, 0.3) is 0 Å². The van der Waals surface area contributed by atoms with Gasteiger partial charge in [-0.25, -0.2) is 8.42 Å². The molecule has 2 aliphatic rings. The number of amides is 2. The summed E-state index contributed by atoms with van der Waals surface area (Å²) >= 11 is 0. The molecule has 2 saturated heterocycles. The van der Waals surface area contributed by atoms with Crippen LogP contribution >= 0.6 is 0 Å². The van der Waals surface area contributed by atoms with Crippen LogP contribution in [0, 0.1) is 0 Å². The minimum absolute atomic E-state index is 0.0495. The maximum atomic E-state index is 11.9. The van der Waals surface area contributed by atoms with Gasteiger partial charge in [-0.05, 0) is 19.8 Å². The van der Waals surface area contributed by atoms with E-state index in [1.165, 1.54) is 4.90 Å². The highest BCUT2D eigenvalue weighted by Crippen LogP contribution is 2.20. The van der Waals surface area contributed by atoms with Gasteiger partial charge >= 0.3 is 0 Å². The lowest BCUT2D eigenvalue weighted by molar-refractivity contribution is -0.146. The minimum atomic E-state index is -2.94. The first-order valence-corrected chi connectivity index (χ1v) is 7.51. The lowest BCUT2D eigenvalue weighted by Gasteiger charge is -2.38. The highest BCUT2D eigenvalue weighted by atomic mass is 32.2. The molecular formula is C10H16N2O4S. The minimum Gasteiger partial charge on any atom is -0.343 e. The number of hydrogen-bond donors (Lipinski definition) is 1. The van der Waals surface area contributed by atoms with Crippen molar-refractivity contribution in [2.24, 2.45) is 0 Å². The molecule has 0 aliphatic carbocycles. The molecule has 0 aromatic rings. The molecule has 2 heterocycles. The first kappa shape index (κ1) is 12.3. The molecule has 1 N–H and O–H groups in total. The number of sulfone groups is 1. The maximum absolute atomic E-state index is 11.9. The Hall–Kier alpha value is -1.11. The van der Waals surface area contributed by atoms with Gasteiger partial charge < -0.3 is 10.2 Å². The molecule has 7 heteroatoms. The third kappa shape index (κ3) is 2.59. The van der Waals surface area contributed by atoms with Crippen LogP contribution in [0.2, 0.25) is 0 Å². The second-order valence-corrected chi connectivity index (χ2v) is 6.94. The normalized spacial score (nSPS) is 30.2. The van der Waals surface area contributed by atoms with E-state index >= 15 is 0 Å². The molecule has 0 radical (unpaired) electrons. The second kappa shape index (κ2) is 4.29.